The van der Waals surface area contributed by atoms with E-state index in [2.05, 4.69) is 15.3 Å². The van der Waals surface area contributed by atoms with Crippen LogP contribution in [0.4, 0.5) is 0 Å². The van der Waals surface area contributed by atoms with E-state index in [1.807, 2.05) is 0 Å². The number of hydrogen-bond acceptors (Lipinski definition) is 5. The van der Waals surface area contributed by atoms with Gasteiger partial charge < -0.3 is 20.1 Å². The molecule has 8 nitrogen and oxygen atoms in total. The summed E-state index contributed by atoms with van der Waals surface area (Å²) in [6.07, 6.45) is 3.28. The van der Waals surface area contributed by atoms with E-state index in [-0.39, 0.29) is 30.0 Å². The van der Waals surface area contributed by atoms with Crippen LogP contribution in [0.5, 0.6) is 0 Å². The zero-order valence-electron chi connectivity index (χ0n) is 12.7. The van der Waals surface area contributed by atoms with Crippen LogP contribution in [0.1, 0.15) is 35.4 Å². The predicted octanol–water partition coefficient (Wildman–Crippen LogP) is 0.145. The molecule has 0 radical (unpaired) electrons. The van der Waals surface area contributed by atoms with Crippen molar-refractivity contribution >= 4 is 11.9 Å². The van der Waals surface area contributed by atoms with Gasteiger partial charge in [0, 0.05) is 19.3 Å². The molecule has 0 aliphatic heterocycles. The second-order valence-electron chi connectivity index (χ2n) is 6.25. The third-order valence-corrected chi connectivity index (χ3v) is 4.87. The van der Waals surface area contributed by atoms with Gasteiger partial charge in [-0.15, -0.1) is 0 Å². The lowest BCUT2D eigenvalue weighted by Crippen LogP contribution is -2.51. The normalized spacial score (nSPS) is 28.7. The average Bonchev–Trinajstić information content (AvgIpc) is 2.82. The van der Waals surface area contributed by atoms with E-state index >= 15 is 0 Å². The number of carboxylic acids is 1. The Hall–Kier alpha value is -2.22. The summed E-state index contributed by atoms with van der Waals surface area (Å²) in [5.74, 6) is -0.631. The molecule has 8 heteroatoms. The maximum Gasteiger partial charge on any atom is 0.306 e. The molecule has 1 aromatic heterocycles. The molecule has 0 bridgehead atoms. The van der Waals surface area contributed by atoms with Gasteiger partial charge in [-0.2, -0.15) is 0 Å². The molecule has 3 N–H and O–H groups in total. The van der Waals surface area contributed by atoms with Crippen LogP contribution in [0.15, 0.2) is 11.0 Å². The number of hydrogen-bond donors (Lipinski definition) is 3. The smallest absolute Gasteiger partial charge is 0.306 e. The van der Waals surface area contributed by atoms with E-state index < -0.39 is 17.4 Å². The van der Waals surface area contributed by atoms with Gasteiger partial charge in [0.05, 0.1) is 5.92 Å². The highest BCUT2D eigenvalue weighted by Crippen LogP contribution is 2.49. The standard InChI is InChI=1S/C15H19N3O5/c1-23-6-12-16-5-10(14(20)18-12)13(19)17-11-4-7-2-8(15(21)22)3-9(7)11/h5,7-9,11H,2-4,6H2,1H3,(H,17,19)(H,21,22)(H,16,18,20). The molecule has 2 aliphatic carbocycles. The SMILES string of the molecule is COCc1ncc(C(=O)NC2CC3CC(C(=O)O)CC32)c(=O)[nH]1. The third-order valence-electron chi connectivity index (χ3n) is 4.87. The summed E-state index contributed by atoms with van der Waals surface area (Å²) in [6, 6.07) is -0.0603. The Morgan fingerprint density at radius 2 is 2.22 bits per heavy atom. The van der Waals surface area contributed by atoms with Gasteiger partial charge in [-0.25, -0.2) is 4.98 Å². The molecular weight excluding hydrogens is 302 g/mol. The molecule has 0 saturated heterocycles. The van der Waals surface area contributed by atoms with E-state index in [1.54, 1.807) is 0 Å². The summed E-state index contributed by atoms with van der Waals surface area (Å²) in [4.78, 5) is 41.7. The quantitative estimate of drug-likeness (QED) is 0.709. The first-order valence-corrected chi connectivity index (χ1v) is 7.60. The number of fused-ring (bicyclic) bond motifs is 1. The number of carbonyl (C=O) groups is 2. The number of nitrogens with one attached hydrogen (secondary N) is 2. The summed E-state index contributed by atoms with van der Waals surface area (Å²) in [5, 5.41) is 11.9. The summed E-state index contributed by atoms with van der Waals surface area (Å²) in [5.41, 5.74) is -0.545. The lowest BCUT2D eigenvalue weighted by molar-refractivity contribution is -0.141. The minimum atomic E-state index is -0.765. The summed E-state index contributed by atoms with van der Waals surface area (Å²) in [7, 11) is 1.49. The minimum absolute atomic E-state index is 0.0407. The molecule has 4 unspecified atom stereocenters. The van der Waals surface area contributed by atoms with Gasteiger partial charge in [0.1, 0.15) is 18.0 Å². The van der Waals surface area contributed by atoms with Crippen LogP contribution in [0.2, 0.25) is 0 Å². The molecule has 23 heavy (non-hydrogen) atoms. The zero-order chi connectivity index (χ0) is 16.6. The Bertz CT molecular complexity index is 686. The van der Waals surface area contributed by atoms with Crippen molar-refractivity contribution in [2.75, 3.05) is 7.11 Å². The number of amides is 1. The number of rotatable bonds is 5. The van der Waals surface area contributed by atoms with Crippen LogP contribution in [-0.2, 0) is 16.1 Å². The molecule has 1 aromatic rings. The monoisotopic (exact) mass is 321 g/mol. The highest BCUT2D eigenvalue weighted by molar-refractivity contribution is 5.93. The Kier molecular flexibility index (Phi) is 4.16. The van der Waals surface area contributed by atoms with Crippen LogP contribution in [0.3, 0.4) is 0 Å². The van der Waals surface area contributed by atoms with Crippen LogP contribution >= 0.6 is 0 Å². The van der Waals surface area contributed by atoms with Gasteiger partial charge in [0.2, 0.25) is 0 Å². The van der Waals surface area contributed by atoms with Crippen molar-refractivity contribution in [2.24, 2.45) is 17.8 Å². The lowest BCUT2D eigenvalue weighted by Gasteiger charge is -2.40. The maximum absolute atomic E-state index is 12.2. The number of carboxylic acid groups (broad SMARTS) is 1. The van der Waals surface area contributed by atoms with Crippen molar-refractivity contribution in [3.8, 4) is 0 Å². The van der Waals surface area contributed by atoms with E-state index in [0.717, 1.165) is 6.42 Å². The fraction of sp³-hybridized carbons (Fsp3) is 0.600. The Morgan fingerprint density at radius 1 is 1.43 bits per heavy atom. The summed E-state index contributed by atoms with van der Waals surface area (Å²) >= 11 is 0. The van der Waals surface area contributed by atoms with E-state index in [0.29, 0.717) is 24.6 Å². The molecule has 1 amide bonds. The van der Waals surface area contributed by atoms with Crippen LogP contribution in [0, 0.1) is 17.8 Å². The molecule has 0 aromatic carbocycles. The maximum atomic E-state index is 12.2. The number of aromatic nitrogens is 2. The van der Waals surface area contributed by atoms with Gasteiger partial charge >= 0.3 is 5.97 Å². The molecule has 2 saturated carbocycles. The molecule has 0 spiro atoms. The molecule has 124 valence electrons. The number of nitrogens with zero attached hydrogens (tertiary/aromatic N) is 1. The first-order chi connectivity index (χ1) is 11.0. The van der Waals surface area contributed by atoms with Gasteiger partial charge in [-0.05, 0) is 31.1 Å². The number of methoxy groups -OCH3 is 1. The van der Waals surface area contributed by atoms with Gasteiger partial charge in [0.15, 0.2) is 0 Å². The number of ether oxygens (including phenoxy) is 1. The first kappa shape index (κ1) is 15.7. The molecule has 4 atom stereocenters. The van der Waals surface area contributed by atoms with Gasteiger partial charge in [0.25, 0.3) is 11.5 Å². The highest BCUT2D eigenvalue weighted by atomic mass is 16.5. The van der Waals surface area contributed by atoms with Crippen molar-refractivity contribution in [3.05, 3.63) is 27.9 Å². The van der Waals surface area contributed by atoms with Crippen LogP contribution < -0.4 is 10.9 Å². The van der Waals surface area contributed by atoms with Crippen molar-refractivity contribution < 1.29 is 19.4 Å². The second kappa shape index (κ2) is 6.11. The second-order valence-corrected chi connectivity index (χ2v) is 6.25. The number of aromatic amines is 1. The first-order valence-electron chi connectivity index (χ1n) is 7.60. The average molecular weight is 321 g/mol. The predicted molar refractivity (Wildman–Crippen MR) is 78.8 cm³/mol. The number of aliphatic carboxylic acids is 1. The Morgan fingerprint density at radius 3 is 2.87 bits per heavy atom. The fourth-order valence-corrected chi connectivity index (χ4v) is 3.64. The topological polar surface area (TPSA) is 121 Å². The van der Waals surface area contributed by atoms with Crippen molar-refractivity contribution in [2.45, 2.75) is 31.9 Å². The molecule has 1 heterocycles. The largest absolute Gasteiger partial charge is 0.481 e. The van der Waals surface area contributed by atoms with Crippen molar-refractivity contribution in [3.63, 3.8) is 0 Å². The molecule has 3 rings (SSSR count). The van der Waals surface area contributed by atoms with E-state index in [4.69, 9.17) is 9.84 Å². The third kappa shape index (κ3) is 2.98. The van der Waals surface area contributed by atoms with Gasteiger partial charge in [-0.3, -0.25) is 14.4 Å². The van der Waals surface area contributed by atoms with Crippen LogP contribution in [0.25, 0.3) is 0 Å². The minimum Gasteiger partial charge on any atom is -0.481 e. The Balaban J connectivity index is 1.63. The summed E-state index contributed by atoms with van der Waals surface area (Å²) < 4.78 is 4.87. The lowest BCUT2D eigenvalue weighted by atomic mass is 9.71. The molecule has 2 aliphatic rings. The summed E-state index contributed by atoms with van der Waals surface area (Å²) in [6.45, 7) is 0.167. The Labute approximate surface area is 132 Å². The van der Waals surface area contributed by atoms with E-state index in [9.17, 15) is 14.4 Å². The number of carbonyl (C=O) groups excluding carboxylic acids is 1. The van der Waals surface area contributed by atoms with Crippen molar-refractivity contribution in [1.82, 2.24) is 15.3 Å². The molecule has 2 fully saturated rings. The van der Waals surface area contributed by atoms with Gasteiger partial charge in [-0.1, -0.05) is 0 Å². The van der Waals surface area contributed by atoms with E-state index in [1.165, 1.54) is 13.3 Å². The van der Waals surface area contributed by atoms with Crippen LogP contribution in [-0.4, -0.2) is 40.1 Å². The molecular formula is C15H19N3O5. The zero-order valence-corrected chi connectivity index (χ0v) is 12.7. The fourth-order valence-electron chi connectivity index (χ4n) is 3.64. The number of H-pyrrole nitrogens is 1. The highest BCUT2D eigenvalue weighted by Gasteiger charge is 2.50. The van der Waals surface area contributed by atoms with Crippen molar-refractivity contribution in [1.29, 1.82) is 0 Å².